The van der Waals surface area contributed by atoms with Gasteiger partial charge in [0.1, 0.15) is 40.0 Å². The third kappa shape index (κ3) is 16.3. The first kappa shape index (κ1) is 67.8. The summed E-state index contributed by atoms with van der Waals surface area (Å²) in [6.07, 6.45) is 13.5. The quantitative estimate of drug-likeness (QED) is 0.0123. The van der Waals surface area contributed by atoms with E-state index in [1.54, 1.807) is 6.07 Å². The number of hydrazine groups is 1. The molecule has 0 unspecified atom stereocenters. The van der Waals surface area contributed by atoms with Gasteiger partial charge in [0, 0.05) is 66.6 Å². The normalized spacial score (nSPS) is 18.8. The summed E-state index contributed by atoms with van der Waals surface area (Å²) in [5.41, 5.74) is 8.92. The molecule has 1 saturated heterocycles. The molecule has 1 fully saturated rings. The van der Waals surface area contributed by atoms with E-state index in [0.29, 0.717) is 116 Å². The number of likely N-dealkylation sites (tertiary alicyclic amines) is 1. The van der Waals surface area contributed by atoms with E-state index in [-0.39, 0.29) is 52.2 Å². The minimum Gasteiger partial charge on any atom is -0.744 e. The first-order valence-electron chi connectivity index (χ1n) is 28.8. The predicted octanol–water partition coefficient (Wildman–Crippen LogP) is 6.03. The minimum absolute atomic E-state index is 0.106. The van der Waals surface area contributed by atoms with E-state index in [4.69, 9.17) is 4.74 Å². The van der Waals surface area contributed by atoms with Gasteiger partial charge in [-0.1, -0.05) is 26.3 Å². The van der Waals surface area contributed by atoms with Gasteiger partial charge < -0.3 is 34.5 Å². The topological polar surface area (TPSA) is 380 Å². The van der Waals surface area contributed by atoms with Gasteiger partial charge in [-0.25, -0.2) is 13.4 Å². The number of hydrogen-bond donors (Lipinski definition) is 8. The third-order valence-electron chi connectivity index (χ3n) is 16.3. The van der Waals surface area contributed by atoms with Crippen LogP contribution in [0.5, 0.6) is 5.75 Å². The van der Waals surface area contributed by atoms with Gasteiger partial charge in [0.15, 0.2) is 5.71 Å². The number of carbonyl (C=O) groups is 3. The molecule has 478 valence electrons. The number of aromatic nitrogens is 1. The molecule has 8 rings (SSSR count). The number of benzene rings is 3. The van der Waals surface area contributed by atoms with Crippen LogP contribution in [0.1, 0.15) is 127 Å². The van der Waals surface area contributed by atoms with Crippen molar-refractivity contribution in [2.45, 2.75) is 143 Å². The number of amides is 3. The number of rotatable bonds is 25. The fourth-order valence-corrected chi connectivity index (χ4v) is 13.7. The number of anilines is 2. The second-order valence-electron chi connectivity index (χ2n) is 23.3. The monoisotopic (exact) mass is 1310 g/mol. The third-order valence-corrected chi connectivity index (χ3v) is 19.7. The lowest BCUT2D eigenvalue weighted by Gasteiger charge is -2.27. The average Bonchev–Trinajstić information content (AvgIpc) is 1.63. The van der Waals surface area contributed by atoms with Crippen molar-refractivity contribution in [2.75, 3.05) is 35.7 Å². The van der Waals surface area contributed by atoms with E-state index in [0.717, 1.165) is 5.70 Å². The van der Waals surface area contributed by atoms with Crippen LogP contribution < -0.4 is 25.8 Å². The molecule has 3 amide bonds. The highest BCUT2D eigenvalue weighted by molar-refractivity contribution is 7.86. The van der Waals surface area contributed by atoms with Gasteiger partial charge in [0.2, 0.25) is 17.5 Å². The Morgan fingerprint density at radius 1 is 0.798 bits per heavy atom. The molecule has 0 bridgehead atoms. The summed E-state index contributed by atoms with van der Waals surface area (Å²) in [6, 6.07) is 15.6. The SMILES string of the molecule is C[C@@H](NC(=O)c1ccc(NNC(=O)CCCCCN2C(=CC=C3CCCC(C=CC4=[N+](CCCCS(=O)(=O)O)c5ccc(S(=O)(=O)[O-])cc5C4(C)C)=C3Oc3ccc(S(=O)(=O)O)cc3)C(C)(C)c3cc(S(=O)(=O)O)ccc32)nc1)C(=O)N1CCC[C@H]1B(O)O. The Morgan fingerprint density at radius 3 is 2.13 bits per heavy atom. The Labute approximate surface area is 518 Å². The lowest BCUT2D eigenvalue weighted by atomic mass is 9.78. The summed E-state index contributed by atoms with van der Waals surface area (Å²) in [5.74, 6) is -1.75. The van der Waals surface area contributed by atoms with Gasteiger partial charge in [0.05, 0.1) is 37.4 Å². The summed E-state index contributed by atoms with van der Waals surface area (Å²) in [7, 11) is -20.0. The smallest absolute Gasteiger partial charge is 0.475 e. The molecule has 3 aliphatic heterocycles. The molecule has 1 aromatic heterocycles. The lowest BCUT2D eigenvalue weighted by Crippen LogP contribution is -2.52. The van der Waals surface area contributed by atoms with Crippen LogP contribution in [0.15, 0.2) is 141 Å². The fourth-order valence-electron chi connectivity index (χ4n) is 11.7. The molecule has 4 heterocycles. The molecule has 1 aliphatic carbocycles. The summed E-state index contributed by atoms with van der Waals surface area (Å²) in [6.45, 7) is 10.0. The highest BCUT2D eigenvalue weighted by Gasteiger charge is 2.45. The highest BCUT2D eigenvalue weighted by atomic mass is 32.2. The summed E-state index contributed by atoms with van der Waals surface area (Å²) in [5, 5.41) is 21.9. The fraction of sp³-hybridized carbons (Fsp3) is 0.407. The van der Waals surface area contributed by atoms with E-state index < -0.39 is 92.9 Å². The minimum atomic E-state index is -4.85. The van der Waals surface area contributed by atoms with Crippen LogP contribution in [0.4, 0.5) is 17.2 Å². The van der Waals surface area contributed by atoms with Crippen molar-refractivity contribution in [3.05, 3.63) is 143 Å². The molecule has 4 aromatic rings. The Balaban J connectivity index is 1.02. The van der Waals surface area contributed by atoms with E-state index in [1.165, 1.54) is 84.8 Å². The van der Waals surface area contributed by atoms with Crippen LogP contribution in [-0.4, -0.2) is 144 Å². The molecular weight excluding hydrogens is 1230 g/mol. The van der Waals surface area contributed by atoms with Crippen molar-refractivity contribution in [3.8, 4) is 5.75 Å². The van der Waals surface area contributed by atoms with Gasteiger partial charge in [-0.15, -0.1) is 0 Å². The molecule has 0 saturated carbocycles. The number of hydrogen-bond acceptors (Lipinski definition) is 18. The van der Waals surface area contributed by atoms with Gasteiger partial charge in [0.25, 0.3) is 36.3 Å². The largest absolute Gasteiger partial charge is 0.744 e. The zero-order chi connectivity index (χ0) is 65.0. The molecule has 0 radical (unpaired) electrons. The van der Waals surface area contributed by atoms with Crippen molar-refractivity contribution < 1.29 is 85.6 Å². The van der Waals surface area contributed by atoms with Gasteiger partial charge >= 0.3 is 7.12 Å². The van der Waals surface area contributed by atoms with Crippen LogP contribution in [0.3, 0.4) is 0 Å². The Kier molecular flexibility index (Phi) is 20.7. The van der Waals surface area contributed by atoms with Crippen molar-refractivity contribution >= 4 is 88.2 Å². The predicted molar refractivity (Wildman–Crippen MR) is 329 cm³/mol. The average molecular weight is 1310 g/mol. The molecule has 8 N–H and O–H groups in total. The Morgan fingerprint density at radius 2 is 1.48 bits per heavy atom. The number of fused-ring (bicyclic) bond motifs is 2. The maximum Gasteiger partial charge on any atom is 0.475 e. The number of nitrogens with one attached hydrogen (secondary N) is 3. The van der Waals surface area contributed by atoms with Crippen molar-refractivity contribution in [2.24, 2.45) is 0 Å². The van der Waals surface area contributed by atoms with Gasteiger partial charge in [-0.2, -0.15) is 29.8 Å². The van der Waals surface area contributed by atoms with Crippen LogP contribution in [0.2, 0.25) is 0 Å². The molecule has 3 aromatic carbocycles. The highest BCUT2D eigenvalue weighted by Crippen LogP contribution is 2.49. The first-order valence-corrected chi connectivity index (χ1v) is 34.7. The van der Waals surface area contributed by atoms with Gasteiger partial charge in [-0.05, 0) is 168 Å². The molecule has 4 aliphatic rings. The number of allylic oxidation sites excluding steroid dienone is 7. The van der Waals surface area contributed by atoms with Crippen molar-refractivity contribution in [1.82, 2.24) is 20.6 Å². The number of nitrogens with zero attached hydrogens (tertiary/aromatic N) is 4. The van der Waals surface area contributed by atoms with Crippen LogP contribution in [0.25, 0.3) is 0 Å². The van der Waals surface area contributed by atoms with E-state index in [1.807, 2.05) is 61.5 Å². The second-order valence-corrected chi connectivity index (χ2v) is 29.1. The van der Waals surface area contributed by atoms with Crippen molar-refractivity contribution in [1.29, 1.82) is 0 Å². The van der Waals surface area contributed by atoms with E-state index in [9.17, 15) is 76.3 Å². The van der Waals surface area contributed by atoms with Gasteiger partial charge in [-0.3, -0.25) is 38.9 Å². The first-order chi connectivity index (χ1) is 41.6. The maximum atomic E-state index is 13.0. The lowest BCUT2D eigenvalue weighted by molar-refractivity contribution is -0.438. The number of unbranched alkanes of at least 4 members (excludes halogenated alkanes) is 3. The van der Waals surface area contributed by atoms with Crippen LogP contribution in [0, 0.1) is 0 Å². The zero-order valence-electron chi connectivity index (χ0n) is 49.6. The Bertz CT molecular complexity index is 4040. The van der Waals surface area contributed by atoms with Crippen LogP contribution in [-0.2, 0) is 60.9 Å². The Hall–Kier alpha value is -7.13. The van der Waals surface area contributed by atoms with Crippen LogP contribution >= 0.6 is 0 Å². The molecular formula is C59H72BN7O18S4. The molecule has 25 nitrogen and oxygen atoms in total. The second kappa shape index (κ2) is 27.1. The summed E-state index contributed by atoms with van der Waals surface area (Å²) in [4.78, 5) is 45.4. The number of carbonyl (C=O) groups excluding carboxylic acids is 3. The zero-order valence-corrected chi connectivity index (χ0v) is 52.9. The number of pyridine rings is 1. The molecule has 0 spiro atoms. The number of ether oxygens (including phenoxy) is 1. The van der Waals surface area contributed by atoms with E-state index in [2.05, 4.69) is 21.2 Å². The van der Waals surface area contributed by atoms with E-state index >= 15 is 0 Å². The maximum absolute atomic E-state index is 13.0. The molecule has 30 heteroatoms. The summed E-state index contributed by atoms with van der Waals surface area (Å²) >= 11 is 0. The summed E-state index contributed by atoms with van der Waals surface area (Å²) < 4.78 is 147. The van der Waals surface area contributed by atoms with Crippen molar-refractivity contribution in [3.63, 3.8) is 0 Å². The molecule has 2 atom stereocenters. The molecule has 89 heavy (non-hydrogen) atoms. The standard InChI is InChI=1S/C59H72BN7O18S4/c1-38(57(70)67-33-12-15-52(67)60(71)72)62-56(69)41-19-30-53(61-37-41)63-64-54(68)16-7-6-8-31-65-48-26-24-44(88(79,80)81)35-46(48)58(2,3)50(65)28-17-39-13-11-14-40(55(39)85-42-20-22-43(23-21-42)87(76,77)78)18-29-51-59(4,5)47-36-45(89(82,83)84)25-27-49(47)66(51)32-9-10-34-86(73,74)75/h17-30,35-38,52,71-72H,6-16,31-34H2,1-5H3,(H6-,61,62,63,64,68,69,73,74,75,76,77,78,79,80,81,82,83,84)/t38-,52+/m1/s1.